The number of fused-ring (bicyclic) bond motifs is 7. The van der Waals surface area contributed by atoms with Crippen LogP contribution in [0.1, 0.15) is 120 Å². The highest BCUT2D eigenvalue weighted by atomic mass is 16.1. The first-order valence-corrected chi connectivity index (χ1v) is 13.4. The molecular weight excluding hydrogens is 376 g/mol. The summed E-state index contributed by atoms with van der Waals surface area (Å²) in [5, 5.41) is 0. The van der Waals surface area contributed by atoms with E-state index in [2.05, 4.69) is 61.5 Å². The second-order valence-corrected chi connectivity index (χ2v) is 15.1. The second kappa shape index (κ2) is 6.29. The first-order chi connectivity index (χ1) is 14.2. The molecule has 0 amide bonds. The van der Waals surface area contributed by atoms with Gasteiger partial charge in [-0.2, -0.15) is 0 Å². The molecule has 0 aliphatic heterocycles. The Morgan fingerprint density at radius 1 is 0.806 bits per heavy atom. The molecule has 5 rings (SSSR count). The summed E-state index contributed by atoms with van der Waals surface area (Å²) in [6.45, 7) is 20.0. The number of hydrogen-bond donors (Lipinski definition) is 0. The third-order valence-corrected chi connectivity index (χ3v) is 12.6. The fourth-order valence-electron chi connectivity index (χ4n) is 10.3. The van der Waals surface area contributed by atoms with Crippen molar-refractivity contribution < 1.29 is 4.79 Å². The largest absolute Gasteiger partial charge is 0.299 e. The van der Waals surface area contributed by atoms with Gasteiger partial charge in [0.05, 0.1) is 0 Å². The van der Waals surface area contributed by atoms with Crippen LogP contribution >= 0.6 is 0 Å². The highest BCUT2D eigenvalue weighted by Crippen LogP contribution is 2.74. The summed E-state index contributed by atoms with van der Waals surface area (Å²) in [4.78, 5) is 14.2. The second-order valence-electron chi connectivity index (χ2n) is 15.1. The average molecular weight is 425 g/mol. The smallest absolute Gasteiger partial charge is 0.140 e. The van der Waals surface area contributed by atoms with Crippen molar-refractivity contribution >= 4 is 5.78 Å². The van der Waals surface area contributed by atoms with Crippen molar-refractivity contribution in [1.29, 1.82) is 0 Å². The Balaban J connectivity index is 1.62. The summed E-state index contributed by atoms with van der Waals surface area (Å²) >= 11 is 0. The normalized spacial score (nSPS) is 52.8. The number of hydrogen-bond acceptors (Lipinski definition) is 1. The van der Waals surface area contributed by atoms with Crippen LogP contribution in [0.3, 0.4) is 0 Å². The summed E-state index contributed by atoms with van der Waals surface area (Å²) in [7, 11) is 0. The predicted octanol–water partition coefficient (Wildman–Crippen LogP) is 8.38. The maximum Gasteiger partial charge on any atom is 0.140 e. The fraction of sp³-hybridized carbons (Fsp3) is 0.900. The third-order valence-electron chi connectivity index (χ3n) is 12.6. The molecule has 0 heterocycles. The first-order valence-electron chi connectivity index (χ1n) is 13.4. The molecule has 0 spiro atoms. The van der Waals surface area contributed by atoms with Gasteiger partial charge in [-0.15, -0.1) is 0 Å². The van der Waals surface area contributed by atoms with E-state index < -0.39 is 0 Å². The van der Waals surface area contributed by atoms with Crippen molar-refractivity contribution in [2.75, 3.05) is 0 Å². The van der Waals surface area contributed by atoms with Gasteiger partial charge in [0.15, 0.2) is 0 Å². The minimum Gasteiger partial charge on any atom is -0.299 e. The van der Waals surface area contributed by atoms with Crippen molar-refractivity contribution in [3.8, 4) is 0 Å². The lowest BCUT2D eigenvalue weighted by Crippen LogP contribution is -2.66. The van der Waals surface area contributed by atoms with Crippen LogP contribution in [-0.4, -0.2) is 5.78 Å². The van der Waals surface area contributed by atoms with Gasteiger partial charge in [0, 0.05) is 17.3 Å². The number of carbonyl (C=O) groups is 1. The zero-order chi connectivity index (χ0) is 22.7. The molecule has 0 saturated heterocycles. The molecule has 4 saturated carbocycles. The topological polar surface area (TPSA) is 17.1 Å². The molecule has 31 heavy (non-hydrogen) atoms. The van der Waals surface area contributed by atoms with E-state index in [0.29, 0.717) is 45.2 Å². The molecule has 0 N–H and O–H groups in total. The molecule has 5 aliphatic rings. The molecule has 0 aromatic rings. The van der Waals surface area contributed by atoms with E-state index >= 15 is 0 Å². The van der Waals surface area contributed by atoms with Gasteiger partial charge in [-0.05, 0) is 90.8 Å². The van der Waals surface area contributed by atoms with E-state index in [1.54, 1.807) is 5.57 Å². The van der Waals surface area contributed by atoms with Crippen molar-refractivity contribution in [2.24, 2.45) is 50.2 Å². The zero-order valence-electron chi connectivity index (χ0n) is 21.8. The molecule has 0 aromatic carbocycles. The predicted molar refractivity (Wildman–Crippen MR) is 130 cm³/mol. The molecule has 0 aromatic heterocycles. The van der Waals surface area contributed by atoms with Crippen molar-refractivity contribution in [2.45, 2.75) is 120 Å². The molecule has 4 fully saturated rings. The van der Waals surface area contributed by atoms with Crippen LogP contribution < -0.4 is 0 Å². The van der Waals surface area contributed by atoms with Crippen molar-refractivity contribution in [3.05, 3.63) is 11.6 Å². The number of allylic oxidation sites excluding steroid dienone is 2. The lowest BCUT2D eigenvalue weighted by Gasteiger charge is -2.70. The maximum absolute atomic E-state index is 14.2. The summed E-state index contributed by atoms with van der Waals surface area (Å²) in [6, 6.07) is 0. The van der Waals surface area contributed by atoms with Crippen LogP contribution in [0.15, 0.2) is 11.6 Å². The van der Waals surface area contributed by atoms with Gasteiger partial charge in [-0.1, -0.05) is 73.5 Å². The Kier molecular flexibility index (Phi) is 4.51. The monoisotopic (exact) mass is 424 g/mol. The lowest BCUT2D eigenvalue weighted by molar-refractivity contribution is -0.187. The Morgan fingerprint density at radius 3 is 2.19 bits per heavy atom. The molecule has 174 valence electrons. The Hall–Kier alpha value is -0.590. The molecule has 7 atom stereocenters. The van der Waals surface area contributed by atoms with Gasteiger partial charge in [0.2, 0.25) is 0 Å². The fourth-order valence-corrected chi connectivity index (χ4v) is 10.3. The number of rotatable bonds is 0. The van der Waals surface area contributed by atoms with Crippen LogP contribution in [0.4, 0.5) is 0 Å². The van der Waals surface area contributed by atoms with Gasteiger partial charge < -0.3 is 0 Å². The number of Topliss-reactive ketones (excluding diaryl/α,β-unsaturated/α-hetero) is 1. The van der Waals surface area contributed by atoms with Gasteiger partial charge in [-0.25, -0.2) is 0 Å². The van der Waals surface area contributed by atoms with E-state index in [1.165, 1.54) is 51.4 Å². The molecule has 1 nitrogen and oxygen atoms in total. The molecule has 5 aliphatic carbocycles. The van der Waals surface area contributed by atoms with Crippen molar-refractivity contribution in [3.63, 3.8) is 0 Å². The van der Waals surface area contributed by atoms with Crippen LogP contribution in [0.25, 0.3) is 0 Å². The minimum absolute atomic E-state index is 0.0557. The molecule has 1 heteroatoms. The van der Waals surface area contributed by atoms with E-state index in [9.17, 15) is 4.79 Å². The van der Waals surface area contributed by atoms with E-state index in [-0.39, 0.29) is 10.8 Å². The molecular formula is C30H48O. The lowest BCUT2D eigenvalue weighted by atomic mass is 9.33. The third kappa shape index (κ3) is 2.70. The van der Waals surface area contributed by atoms with Crippen LogP contribution in [0.2, 0.25) is 0 Å². The van der Waals surface area contributed by atoms with Crippen LogP contribution in [0.5, 0.6) is 0 Å². The first kappa shape index (κ1) is 22.2. The Labute approximate surface area is 192 Å². The number of ketones is 1. The van der Waals surface area contributed by atoms with Gasteiger partial charge in [0.25, 0.3) is 0 Å². The Bertz CT molecular complexity index is 831. The summed E-state index contributed by atoms with van der Waals surface area (Å²) < 4.78 is 0. The highest BCUT2D eigenvalue weighted by Gasteiger charge is 2.70. The van der Waals surface area contributed by atoms with E-state index in [4.69, 9.17) is 0 Å². The maximum atomic E-state index is 14.2. The van der Waals surface area contributed by atoms with Gasteiger partial charge >= 0.3 is 0 Å². The summed E-state index contributed by atoms with van der Waals surface area (Å²) in [6.07, 6.45) is 15.2. The van der Waals surface area contributed by atoms with Gasteiger partial charge in [-0.3, -0.25) is 4.79 Å². The highest BCUT2D eigenvalue weighted by molar-refractivity contribution is 5.88. The SMILES string of the molecule is CC1(C)CC[C@]2(C)CC[C@]3(C)C(=CC[C@@H]4[C@@]5(C)CCCC(C)(C)[C@@H]5CC(=O)[C@]43C)[C@@H]2C1. The standard InChI is InChI=1S/C30H48O/c1-25(2)14-15-27(5)16-17-29(7)20(21(27)19-25)10-11-22-28(6)13-9-12-26(3,4)23(28)18-24(31)30(22,29)8/h10,21-23H,9,11-19H2,1-8H3/t21-,22+,23-,27+,28+,29+,30-/m0/s1. The number of carbonyl (C=O) groups excluding carboxylic acids is 1. The van der Waals surface area contributed by atoms with E-state index in [0.717, 1.165) is 12.8 Å². The summed E-state index contributed by atoms with van der Waals surface area (Å²) in [5.74, 6) is 2.36. The zero-order valence-corrected chi connectivity index (χ0v) is 21.8. The molecule has 0 bridgehead atoms. The Morgan fingerprint density at radius 2 is 1.48 bits per heavy atom. The minimum atomic E-state index is -0.182. The average Bonchev–Trinajstić information content (AvgIpc) is 2.66. The quantitative estimate of drug-likeness (QED) is 0.357. The van der Waals surface area contributed by atoms with Crippen molar-refractivity contribution in [1.82, 2.24) is 0 Å². The van der Waals surface area contributed by atoms with E-state index in [1.807, 2.05) is 0 Å². The molecule has 0 unspecified atom stereocenters. The van der Waals surface area contributed by atoms with Crippen LogP contribution in [0, 0.1) is 50.2 Å². The summed E-state index contributed by atoms with van der Waals surface area (Å²) in [5.41, 5.74) is 3.07. The van der Waals surface area contributed by atoms with Crippen LogP contribution in [-0.2, 0) is 4.79 Å². The molecule has 0 radical (unpaired) electrons. The van der Waals surface area contributed by atoms with Gasteiger partial charge in [0.1, 0.15) is 5.78 Å².